The molecule has 2 aromatic rings. The molecule has 0 bridgehead atoms. The quantitative estimate of drug-likeness (QED) is 0.725. The van der Waals surface area contributed by atoms with Crippen molar-refractivity contribution in [3.63, 3.8) is 0 Å². The number of hydrogen-bond acceptors (Lipinski definition) is 5. The molecular weight excluding hydrogens is 292 g/mol. The van der Waals surface area contributed by atoms with E-state index in [0.29, 0.717) is 22.2 Å². The molecule has 0 aliphatic carbocycles. The third-order valence-electron chi connectivity index (χ3n) is 2.97. The Morgan fingerprint density at radius 2 is 2.24 bits per heavy atom. The molecular formula is C13H16N4O3S. The Hall–Kier alpha value is -2.22. The number of aryl methyl sites for hydroxylation is 1. The van der Waals surface area contributed by atoms with E-state index in [9.17, 15) is 9.59 Å². The highest BCUT2D eigenvalue weighted by atomic mass is 32.2. The van der Waals surface area contributed by atoms with E-state index in [1.165, 1.54) is 22.4 Å². The molecule has 1 aromatic carbocycles. The number of nitrogens with zero attached hydrogens (tertiary/aromatic N) is 2. The van der Waals surface area contributed by atoms with E-state index in [1.54, 1.807) is 13.0 Å². The van der Waals surface area contributed by atoms with E-state index in [2.05, 4.69) is 10.2 Å². The molecule has 1 aromatic heterocycles. The van der Waals surface area contributed by atoms with Crippen LogP contribution in [0, 0.1) is 6.92 Å². The molecule has 2 rings (SSSR count). The summed E-state index contributed by atoms with van der Waals surface area (Å²) in [6, 6.07) is 3.27. The molecule has 0 aliphatic heterocycles. The lowest BCUT2D eigenvalue weighted by Crippen LogP contribution is -2.17. The van der Waals surface area contributed by atoms with Gasteiger partial charge < -0.3 is 10.8 Å². The zero-order chi connectivity index (χ0) is 15.6. The first-order valence-electron chi connectivity index (χ1n) is 6.40. The van der Waals surface area contributed by atoms with Gasteiger partial charge >= 0.3 is 11.7 Å². The second kappa shape index (κ2) is 6.04. The number of carboxylic acids is 1. The molecule has 4 N–H and O–H groups in total. The lowest BCUT2D eigenvalue weighted by atomic mass is 10.1. The number of hydrogen-bond donors (Lipinski definition) is 3. The van der Waals surface area contributed by atoms with E-state index in [-0.39, 0.29) is 16.9 Å². The molecule has 0 unspecified atom stereocenters. The van der Waals surface area contributed by atoms with Crippen LogP contribution in [-0.2, 0) is 6.54 Å². The number of nitrogen functional groups attached to an aromatic ring is 1. The summed E-state index contributed by atoms with van der Waals surface area (Å²) in [4.78, 5) is 23.5. The molecule has 0 saturated carbocycles. The van der Waals surface area contributed by atoms with Gasteiger partial charge in [0.25, 0.3) is 0 Å². The van der Waals surface area contributed by atoms with Gasteiger partial charge in [0.05, 0.1) is 5.56 Å². The van der Waals surface area contributed by atoms with Gasteiger partial charge in [-0.05, 0) is 42.8 Å². The second-order valence-corrected chi connectivity index (χ2v) is 5.61. The first-order chi connectivity index (χ1) is 9.93. The fourth-order valence-corrected chi connectivity index (χ4v) is 2.91. The normalized spacial score (nSPS) is 10.8. The van der Waals surface area contributed by atoms with Crippen LogP contribution in [0.15, 0.2) is 27.0 Å². The van der Waals surface area contributed by atoms with E-state index in [0.717, 1.165) is 6.42 Å². The van der Waals surface area contributed by atoms with Gasteiger partial charge in [-0.2, -0.15) is 0 Å². The Balaban J connectivity index is 2.41. The predicted octanol–water partition coefficient (Wildman–Crippen LogP) is 1.72. The summed E-state index contributed by atoms with van der Waals surface area (Å²) >= 11 is 1.23. The van der Waals surface area contributed by atoms with Gasteiger partial charge in [0, 0.05) is 17.1 Å². The highest BCUT2D eigenvalue weighted by molar-refractivity contribution is 7.99. The van der Waals surface area contributed by atoms with Gasteiger partial charge in [-0.3, -0.25) is 4.57 Å². The molecule has 0 radical (unpaired) electrons. The zero-order valence-corrected chi connectivity index (χ0v) is 12.5. The molecule has 0 atom stereocenters. The Labute approximate surface area is 125 Å². The Morgan fingerprint density at radius 1 is 1.52 bits per heavy atom. The number of carboxylic acid groups (broad SMARTS) is 1. The van der Waals surface area contributed by atoms with Crippen molar-refractivity contribution in [1.29, 1.82) is 0 Å². The van der Waals surface area contributed by atoms with Gasteiger partial charge in [0.15, 0.2) is 5.16 Å². The van der Waals surface area contributed by atoms with Crippen molar-refractivity contribution in [3.05, 3.63) is 33.7 Å². The van der Waals surface area contributed by atoms with Crippen LogP contribution in [0.2, 0.25) is 0 Å². The molecule has 0 aliphatic rings. The molecule has 0 amide bonds. The topological polar surface area (TPSA) is 114 Å². The number of carbonyl (C=O) groups is 1. The predicted molar refractivity (Wildman–Crippen MR) is 79.8 cm³/mol. The van der Waals surface area contributed by atoms with Crippen molar-refractivity contribution < 1.29 is 9.90 Å². The maximum absolute atomic E-state index is 11.6. The van der Waals surface area contributed by atoms with Crippen molar-refractivity contribution in [2.45, 2.75) is 36.9 Å². The summed E-state index contributed by atoms with van der Waals surface area (Å²) in [6.45, 7) is 4.26. The number of nitrogens with two attached hydrogens (primary N) is 1. The van der Waals surface area contributed by atoms with Crippen LogP contribution in [0.5, 0.6) is 0 Å². The van der Waals surface area contributed by atoms with Gasteiger partial charge in [-0.15, -0.1) is 5.10 Å². The molecule has 7 nitrogen and oxygen atoms in total. The minimum absolute atomic E-state index is 0.0532. The number of aromatic amines is 1. The molecule has 0 fully saturated rings. The highest BCUT2D eigenvalue weighted by Crippen LogP contribution is 2.30. The molecule has 1 heterocycles. The summed E-state index contributed by atoms with van der Waals surface area (Å²) in [5.41, 5.74) is 6.47. The van der Waals surface area contributed by atoms with Crippen LogP contribution in [0.4, 0.5) is 5.69 Å². The number of benzene rings is 1. The maximum atomic E-state index is 11.6. The van der Waals surface area contributed by atoms with Crippen molar-refractivity contribution in [2.24, 2.45) is 0 Å². The molecule has 21 heavy (non-hydrogen) atoms. The van der Waals surface area contributed by atoms with Crippen molar-refractivity contribution in [1.82, 2.24) is 14.8 Å². The summed E-state index contributed by atoms with van der Waals surface area (Å²) in [5, 5.41) is 16.0. The number of anilines is 1. The fraction of sp³-hybridized carbons (Fsp3) is 0.308. The molecule has 0 saturated heterocycles. The monoisotopic (exact) mass is 308 g/mol. The van der Waals surface area contributed by atoms with Crippen LogP contribution in [0.25, 0.3) is 0 Å². The lowest BCUT2D eigenvalue weighted by Gasteiger charge is -2.09. The van der Waals surface area contributed by atoms with Crippen LogP contribution in [0.1, 0.15) is 29.3 Å². The standard InChI is InChI=1S/C13H16N4O3S/c1-3-4-17-12(20)15-16-13(17)21-8-5-7(2)10(14)9(6-8)11(18)19/h5-6H,3-4,14H2,1-2H3,(H,15,20)(H,18,19). The number of aromatic carboxylic acids is 1. The lowest BCUT2D eigenvalue weighted by molar-refractivity contribution is 0.0697. The molecule has 8 heteroatoms. The van der Waals surface area contributed by atoms with Gasteiger partial charge in [-0.1, -0.05) is 6.92 Å². The Morgan fingerprint density at radius 3 is 2.86 bits per heavy atom. The minimum atomic E-state index is -1.08. The summed E-state index contributed by atoms with van der Waals surface area (Å²) in [6.07, 6.45) is 0.800. The van der Waals surface area contributed by atoms with Crippen LogP contribution < -0.4 is 11.4 Å². The average molecular weight is 308 g/mol. The largest absolute Gasteiger partial charge is 0.478 e. The molecule has 112 valence electrons. The number of nitrogens with one attached hydrogen (secondary N) is 1. The maximum Gasteiger partial charge on any atom is 0.343 e. The van der Waals surface area contributed by atoms with Gasteiger partial charge in [-0.25, -0.2) is 14.7 Å². The number of aromatic nitrogens is 3. The molecule has 0 spiro atoms. The van der Waals surface area contributed by atoms with Crippen molar-refractivity contribution in [3.8, 4) is 0 Å². The smallest absolute Gasteiger partial charge is 0.343 e. The van der Waals surface area contributed by atoms with Crippen molar-refractivity contribution >= 4 is 23.4 Å². The third kappa shape index (κ3) is 3.10. The van der Waals surface area contributed by atoms with Crippen LogP contribution in [0.3, 0.4) is 0 Å². The van der Waals surface area contributed by atoms with Crippen LogP contribution >= 0.6 is 11.8 Å². The van der Waals surface area contributed by atoms with E-state index in [1.807, 2.05) is 6.92 Å². The SMILES string of the molecule is CCCn1c(Sc2cc(C)c(N)c(C(=O)O)c2)n[nH]c1=O. The summed E-state index contributed by atoms with van der Waals surface area (Å²) < 4.78 is 1.52. The number of rotatable bonds is 5. The summed E-state index contributed by atoms with van der Waals surface area (Å²) in [5.74, 6) is -1.08. The first-order valence-corrected chi connectivity index (χ1v) is 7.22. The number of H-pyrrole nitrogens is 1. The van der Waals surface area contributed by atoms with E-state index >= 15 is 0 Å². The fourth-order valence-electron chi connectivity index (χ4n) is 1.91. The highest BCUT2D eigenvalue weighted by Gasteiger charge is 2.15. The zero-order valence-electron chi connectivity index (χ0n) is 11.7. The van der Waals surface area contributed by atoms with E-state index < -0.39 is 5.97 Å². The Bertz CT molecular complexity index is 736. The van der Waals surface area contributed by atoms with Gasteiger partial charge in [0.2, 0.25) is 0 Å². The van der Waals surface area contributed by atoms with E-state index in [4.69, 9.17) is 10.8 Å². The minimum Gasteiger partial charge on any atom is -0.478 e. The third-order valence-corrected chi connectivity index (χ3v) is 3.94. The van der Waals surface area contributed by atoms with Crippen molar-refractivity contribution in [2.75, 3.05) is 5.73 Å². The Kier molecular flexibility index (Phi) is 4.37. The van der Waals surface area contributed by atoms with Gasteiger partial charge in [0.1, 0.15) is 0 Å². The second-order valence-electron chi connectivity index (χ2n) is 4.57. The average Bonchev–Trinajstić information content (AvgIpc) is 2.75. The summed E-state index contributed by atoms with van der Waals surface area (Å²) in [7, 11) is 0. The van der Waals surface area contributed by atoms with Crippen LogP contribution in [-0.4, -0.2) is 25.8 Å². The first kappa shape index (κ1) is 15.2.